The number of rotatable bonds is 5. The first-order valence-electron chi connectivity index (χ1n) is 13.6. The van der Waals surface area contributed by atoms with Crippen LogP contribution in [0.3, 0.4) is 0 Å². The lowest BCUT2D eigenvalue weighted by atomic mass is 9.95. The molecule has 1 N–H and O–H groups in total. The van der Waals surface area contributed by atoms with E-state index in [2.05, 4.69) is 62.0 Å². The van der Waals surface area contributed by atoms with Crippen molar-refractivity contribution in [3.8, 4) is 0 Å². The van der Waals surface area contributed by atoms with Gasteiger partial charge in [0.15, 0.2) is 8.32 Å². The highest BCUT2D eigenvalue weighted by Crippen LogP contribution is 2.42. The predicted octanol–water partition coefficient (Wildman–Crippen LogP) is 6.59. The average molecular weight is 538 g/mol. The van der Waals surface area contributed by atoms with Crippen LogP contribution in [0.5, 0.6) is 0 Å². The van der Waals surface area contributed by atoms with Gasteiger partial charge in [-0.05, 0) is 30.3 Å². The number of nitrogens with one attached hydrogen (secondary N) is 1. The van der Waals surface area contributed by atoms with Gasteiger partial charge in [0, 0.05) is 58.8 Å². The molecule has 4 aromatic rings. The second-order valence-electron chi connectivity index (χ2n) is 12.3. The zero-order chi connectivity index (χ0) is 27.7. The molecule has 0 radical (unpaired) electrons. The fraction of sp³-hybridized carbons (Fsp3) is 0.312. The number of para-hydroxylation sites is 2. The maximum atomic E-state index is 13.4. The van der Waals surface area contributed by atoms with Gasteiger partial charge in [0.05, 0.1) is 23.3 Å². The van der Waals surface area contributed by atoms with Crippen LogP contribution < -0.4 is 5.32 Å². The summed E-state index contributed by atoms with van der Waals surface area (Å²) in [5.41, 5.74) is 4.46. The van der Waals surface area contributed by atoms with Gasteiger partial charge in [0.2, 0.25) is 0 Å². The molecule has 2 atom stereocenters. The fourth-order valence-electron chi connectivity index (χ4n) is 5.68. The van der Waals surface area contributed by atoms with Gasteiger partial charge in [-0.3, -0.25) is 14.9 Å². The van der Waals surface area contributed by atoms with Crippen LogP contribution in [0.4, 0.5) is 0 Å². The molecule has 0 saturated heterocycles. The zero-order valence-electron chi connectivity index (χ0n) is 23.4. The van der Waals surface area contributed by atoms with Gasteiger partial charge in [-0.15, -0.1) is 0 Å². The van der Waals surface area contributed by atoms with Crippen molar-refractivity contribution in [1.82, 2.24) is 14.5 Å². The summed E-state index contributed by atoms with van der Waals surface area (Å²) >= 11 is 0. The highest BCUT2D eigenvalue weighted by atomic mass is 28.4. The standard InChI is InChI=1S/C32H35N3O3Si/c1-32(2,3)39(5,6)38-21-16-15-20(17-21)35-19-25(23-12-8-10-14-27(23)35)29-28(30(36)33-31(29)37)24-18-34(4)26-13-9-7-11-22(24)26/h7-16,18-21H,17H2,1-6H3,(H,33,36,37)/t20-,21+/m0/s1. The van der Waals surface area contributed by atoms with Crippen molar-refractivity contribution in [2.24, 2.45) is 7.05 Å². The van der Waals surface area contributed by atoms with Gasteiger partial charge >= 0.3 is 0 Å². The monoisotopic (exact) mass is 537 g/mol. The lowest BCUT2D eigenvalue weighted by Crippen LogP contribution is -2.43. The van der Waals surface area contributed by atoms with Crippen molar-refractivity contribution in [2.45, 2.75) is 57.5 Å². The minimum atomic E-state index is -1.91. The number of hydrogen-bond donors (Lipinski definition) is 1. The summed E-state index contributed by atoms with van der Waals surface area (Å²) < 4.78 is 10.9. The molecule has 0 bridgehead atoms. The van der Waals surface area contributed by atoms with E-state index in [1.807, 2.05) is 66.5 Å². The van der Waals surface area contributed by atoms with E-state index < -0.39 is 8.32 Å². The smallest absolute Gasteiger partial charge is 0.259 e. The second kappa shape index (κ2) is 8.93. The first-order chi connectivity index (χ1) is 18.5. The molecule has 6 nitrogen and oxygen atoms in total. The molecule has 2 aromatic heterocycles. The Kier molecular flexibility index (Phi) is 5.86. The first kappa shape index (κ1) is 25.6. The number of aryl methyl sites for hydroxylation is 1. The normalized spacial score (nSPS) is 20.2. The zero-order valence-corrected chi connectivity index (χ0v) is 24.4. The largest absolute Gasteiger partial charge is 0.410 e. The van der Waals surface area contributed by atoms with Crippen LogP contribution >= 0.6 is 0 Å². The van der Waals surface area contributed by atoms with Gasteiger partial charge in [0.1, 0.15) is 0 Å². The van der Waals surface area contributed by atoms with Crippen LogP contribution in [0.2, 0.25) is 18.1 Å². The third-order valence-corrected chi connectivity index (χ3v) is 13.2. The molecule has 2 aromatic carbocycles. The van der Waals surface area contributed by atoms with E-state index in [4.69, 9.17) is 4.43 Å². The minimum Gasteiger partial charge on any atom is -0.410 e. The molecule has 0 unspecified atom stereocenters. The SMILES string of the molecule is Cn1cc(C2=C(c3cn([C@H]4C=C[C@@H](O[Si](C)(C)C(C)(C)C)C4)c4ccccc34)C(=O)NC2=O)c2ccccc21. The molecule has 2 aliphatic rings. The van der Waals surface area contributed by atoms with Crippen LogP contribution in [0.15, 0.2) is 73.1 Å². The van der Waals surface area contributed by atoms with Crippen molar-refractivity contribution >= 4 is 53.1 Å². The molecule has 0 spiro atoms. The predicted molar refractivity (Wildman–Crippen MR) is 160 cm³/mol. The minimum absolute atomic E-state index is 0.0577. The summed E-state index contributed by atoms with van der Waals surface area (Å²) in [5.74, 6) is -0.710. The topological polar surface area (TPSA) is 65.3 Å². The number of carbonyl (C=O) groups is 2. The summed E-state index contributed by atoms with van der Waals surface area (Å²) in [4.78, 5) is 26.6. The fourth-order valence-corrected chi connectivity index (χ4v) is 6.97. The second-order valence-corrected chi connectivity index (χ2v) is 17.0. The Morgan fingerprint density at radius 3 is 2.05 bits per heavy atom. The molecule has 6 rings (SSSR count). The number of carbonyl (C=O) groups excluding carboxylic acids is 2. The van der Waals surface area contributed by atoms with Crippen molar-refractivity contribution in [2.75, 3.05) is 0 Å². The van der Waals surface area contributed by atoms with Gasteiger partial charge in [-0.2, -0.15) is 0 Å². The van der Waals surface area contributed by atoms with Crippen LogP contribution in [0.1, 0.15) is 44.4 Å². The number of fused-ring (bicyclic) bond motifs is 2. The Bertz CT molecular complexity index is 1710. The maximum absolute atomic E-state index is 13.4. The number of imide groups is 1. The van der Waals surface area contributed by atoms with Gasteiger partial charge in [0.25, 0.3) is 11.8 Å². The summed E-state index contributed by atoms with van der Waals surface area (Å²) in [6.45, 7) is 11.4. The number of aromatic nitrogens is 2. The van der Waals surface area contributed by atoms with Crippen molar-refractivity contribution in [1.29, 1.82) is 0 Å². The van der Waals surface area contributed by atoms with E-state index in [0.717, 1.165) is 39.4 Å². The van der Waals surface area contributed by atoms with E-state index >= 15 is 0 Å². The highest BCUT2D eigenvalue weighted by molar-refractivity contribution is 6.74. The molecule has 7 heteroatoms. The Hall–Kier alpha value is -3.68. The van der Waals surface area contributed by atoms with E-state index in [-0.39, 0.29) is 29.0 Å². The van der Waals surface area contributed by atoms with Gasteiger partial charge < -0.3 is 13.6 Å². The van der Waals surface area contributed by atoms with E-state index in [1.165, 1.54) is 0 Å². The van der Waals surface area contributed by atoms with E-state index in [9.17, 15) is 9.59 Å². The molecular formula is C32H35N3O3Si. The third-order valence-electron chi connectivity index (χ3n) is 8.74. The molecule has 2 amide bonds. The summed E-state index contributed by atoms with van der Waals surface area (Å²) in [6.07, 6.45) is 9.29. The summed E-state index contributed by atoms with van der Waals surface area (Å²) in [7, 11) is 0.0452. The lowest BCUT2D eigenvalue weighted by Gasteiger charge is -2.38. The maximum Gasteiger partial charge on any atom is 0.259 e. The number of benzene rings is 2. The quantitative estimate of drug-likeness (QED) is 0.177. The van der Waals surface area contributed by atoms with Crippen molar-refractivity contribution in [3.63, 3.8) is 0 Å². The molecule has 1 aliphatic heterocycles. The van der Waals surface area contributed by atoms with Crippen molar-refractivity contribution < 1.29 is 14.0 Å². The number of allylic oxidation sites excluding steroid dienone is 1. The molecule has 0 fully saturated rings. The summed E-state index contributed by atoms with van der Waals surface area (Å²) in [6, 6.07) is 16.2. The highest BCUT2D eigenvalue weighted by Gasteiger charge is 2.40. The van der Waals surface area contributed by atoms with Crippen LogP contribution in [-0.4, -0.2) is 35.4 Å². The van der Waals surface area contributed by atoms with E-state index in [0.29, 0.717) is 11.1 Å². The molecule has 3 heterocycles. The Balaban J connectivity index is 1.46. The van der Waals surface area contributed by atoms with Gasteiger partial charge in [-0.25, -0.2) is 0 Å². The Morgan fingerprint density at radius 1 is 0.846 bits per heavy atom. The van der Waals surface area contributed by atoms with E-state index in [1.54, 1.807) is 0 Å². The first-order valence-corrected chi connectivity index (χ1v) is 16.5. The number of amides is 2. The lowest BCUT2D eigenvalue weighted by molar-refractivity contribution is -0.122. The van der Waals surface area contributed by atoms with Crippen molar-refractivity contribution in [3.05, 3.63) is 84.2 Å². The third kappa shape index (κ3) is 4.12. The van der Waals surface area contributed by atoms with Crippen LogP contribution in [-0.2, 0) is 21.1 Å². The van der Waals surface area contributed by atoms with Crippen LogP contribution in [0, 0.1) is 0 Å². The Morgan fingerprint density at radius 2 is 1.41 bits per heavy atom. The molecule has 1 aliphatic carbocycles. The number of nitrogens with zero attached hydrogens (tertiary/aromatic N) is 2. The molecule has 0 saturated carbocycles. The Labute approximate surface area is 230 Å². The molecule has 200 valence electrons. The molecular weight excluding hydrogens is 502 g/mol. The summed E-state index contributed by atoms with van der Waals surface area (Å²) in [5, 5.41) is 4.62. The number of hydrogen-bond acceptors (Lipinski definition) is 3. The van der Waals surface area contributed by atoms with Gasteiger partial charge in [-0.1, -0.05) is 69.3 Å². The molecule has 39 heavy (non-hydrogen) atoms. The van der Waals surface area contributed by atoms with Crippen LogP contribution in [0.25, 0.3) is 33.0 Å². The average Bonchev–Trinajstić information content (AvgIpc) is 3.62.